The Hall–Kier alpha value is -1.51. The van der Waals surface area contributed by atoms with Gasteiger partial charge in [0, 0.05) is 23.2 Å². The average Bonchev–Trinajstić information content (AvgIpc) is 2.40. The van der Waals surface area contributed by atoms with Crippen molar-refractivity contribution in [1.82, 2.24) is 5.32 Å². The number of nitrogens with one attached hydrogen (secondary N) is 1. The van der Waals surface area contributed by atoms with E-state index < -0.39 is 0 Å². The number of benzene rings is 2. The van der Waals surface area contributed by atoms with Crippen LogP contribution in [0.25, 0.3) is 0 Å². The maximum absolute atomic E-state index is 9.80. The molecule has 0 aliphatic carbocycles. The van der Waals surface area contributed by atoms with Crippen molar-refractivity contribution in [3.05, 3.63) is 64.2 Å². The number of hydrogen-bond acceptors (Lipinski definition) is 2. The SMILES string of the molecule is Cc1ccc(O)c(CN[C@@H](C)c2ccc(Cl)cc2)c1. The molecule has 1 atom stereocenters. The van der Waals surface area contributed by atoms with E-state index in [0.29, 0.717) is 12.3 Å². The Morgan fingerprint density at radius 2 is 1.84 bits per heavy atom. The Kier molecular flexibility index (Phi) is 4.46. The number of halogens is 1. The van der Waals surface area contributed by atoms with Crippen LogP contribution in [0.5, 0.6) is 5.75 Å². The van der Waals surface area contributed by atoms with E-state index in [2.05, 4.69) is 12.2 Å². The summed E-state index contributed by atoms with van der Waals surface area (Å²) in [6.45, 7) is 4.75. The highest BCUT2D eigenvalue weighted by atomic mass is 35.5. The fourth-order valence-corrected chi connectivity index (χ4v) is 2.11. The second-order valence-electron chi connectivity index (χ2n) is 4.79. The van der Waals surface area contributed by atoms with Crippen molar-refractivity contribution in [2.75, 3.05) is 0 Å². The normalized spacial score (nSPS) is 12.4. The van der Waals surface area contributed by atoms with Crippen LogP contribution in [0.3, 0.4) is 0 Å². The molecule has 2 aromatic carbocycles. The summed E-state index contributed by atoms with van der Waals surface area (Å²) in [6, 6.07) is 13.6. The van der Waals surface area contributed by atoms with Gasteiger partial charge in [-0.3, -0.25) is 0 Å². The topological polar surface area (TPSA) is 32.3 Å². The average molecular weight is 276 g/mol. The van der Waals surface area contributed by atoms with E-state index in [1.165, 1.54) is 5.56 Å². The van der Waals surface area contributed by atoms with Crippen LogP contribution in [0.2, 0.25) is 5.02 Å². The number of hydrogen-bond donors (Lipinski definition) is 2. The smallest absolute Gasteiger partial charge is 0.120 e. The molecule has 2 nitrogen and oxygen atoms in total. The molecule has 2 rings (SSSR count). The lowest BCUT2D eigenvalue weighted by molar-refractivity contribution is 0.460. The summed E-state index contributed by atoms with van der Waals surface area (Å²) in [5.74, 6) is 0.335. The van der Waals surface area contributed by atoms with Gasteiger partial charge in [0.05, 0.1) is 0 Å². The summed E-state index contributed by atoms with van der Waals surface area (Å²) in [5, 5.41) is 13.9. The van der Waals surface area contributed by atoms with Crippen LogP contribution < -0.4 is 5.32 Å². The number of rotatable bonds is 4. The van der Waals surface area contributed by atoms with Crippen LogP contribution in [0.4, 0.5) is 0 Å². The largest absolute Gasteiger partial charge is 0.508 e. The standard InChI is InChI=1S/C16H18ClNO/c1-11-3-8-16(19)14(9-11)10-18-12(2)13-4-6-15(17)7-5-13/h3-9,12,18-19H,10H2,1-2H3/t12-/m0/s1. The van der Waals surface area contributed by atoms with Crippen molar-refractivity contribution in [2.45, 2.75) is 26.4 Å². The third-order valence-corrected chi connectivity index (χ3v) is 3.46. The van der Waals surface area contributed by atoms with E-state index in [-0.39, 0.29) is 6.04 Å². The second kappa shape index (κ2) is 6.09. The molecule has 0 heterocycles. The molecule has 0 saturated heterocycles. The van der Waals surface area contributed by atoms with Gasteiger partial charge in [-0.25, -0.2) is 0 Å². The van der Waals surface area contributed by atoms with E-state index in [1.807, 2.05) is 43.3 Å². The molecule has 0 aliphatic heterocycles. The van der Waals surface area contributed by atoms with Gasteiger partial charge in [0.1, 0.15) is 5.75 Å². The van der Waals surface area contributed by atoms with E-state index in [4.69, 9.17) is 11.6 Å². The molecule has 0 aliphatic rings. The van der Waals surface area contributed by atoms with Gasteiger partial charge in [-0.15, -0.1) is 0 Å². The summed E-state index contributed by atoms with van der Waals surface area (Å²) in [7, 11) is 0. The van der Waals surface area contributed by atoms with E-state index in [1.54, 1.807) is 6.07 Å². The molecular formula is C16H18ClNO. The highest BCUT2D eigenvalue weighted by molar-refractivity contribution is 6.30. The van der Waals surface area contributed by atoms with Crippen molar-refractivity contribution in [3.63, 3.8) is 0 Å². The van der Waals surface area contributed by atoms with Crippen LogP contribution in [0.15, 0.2) is 42.5 Å². The predicted octanol–water partition coefficient (Wildman–Crippen LogP) is 4.20. The fourth-order valence-electron chi connectivity index (χ4n) is 1.99. The summed E-state index contributed by atoms with van der Waals surface area (Å²) in [4.78, 5) is 0. The highest BCUT2D eigenvalue weighted by Crippen LogP contribution is 2.20. The maximum atomic E-state index is 9.80. The molecule has 0 radical (unpaired) electrons. The monoisotopic (exact) mass is 275 g/mol. The highest BCUT2D eigenvalue weighted by Gasteiger charge is 2.07. The quantitative estimate of drug-likeness (QED) is 0.876. The van der Waals surface area contributed by atoms with E-state index >= 15 is 0 Å². The first-order valence-corrected chi connectivity index (χ1v) is 6.71. The Labute approximate surface area is 119 Å². The van der Waals surface area contributed by atoms with E-state index in [9.17, 15) is 5.11 Å². The molecule has 0 aromatic heterocycles. The number of aryl methyl sites for hydroxylation is 1. The second-order valence-corrected chi connectivity index (χ2v) is 5.22. The Bertz CT molecular complexity index is 551. The van der Waals surface area contributed by atoms with Crippen LogP contribution in [0, 0.1) is 6.92 Å². The molecular weight excluding hydrogens is 258 g/mol. The fraction of sp³-hybridized carbons (Fsp3) is 0.250. The van der Waals surface area contributed by atoms with Crippen molar-refractivity contribution in [1.29, 1.82) is 0 Å². The summed E-state index contributed by atoms with van der Waals surface area (Å²) >= 11 is 5.87. The van der Waals surface area contributed by atoms with Crippen LogP contribution in [-0.4, -0.2) is 5.11 Å². The maximum Gasteiger partial charge on any atom is 0.120 e. The molecule has 2 aromatic rings. The molecule has 0 unspecified atom stereocenters. The predicted molar refractivity (Wildman–Crippen MR) is 79.6 cm³/mol. The Morgan fingerprint density at radius 1 is 1.16 bits per heavy atom. The van der Waals surface area contributed by atoms with Gasteiger partial charge in [-0.1, -0.05) is 41.4 Å². The number of phenols is 1. The van der Waals surface area contributed by atoms with Gasteiger partial charge in [0.15, 0.2) is 0 Å². The third kappa shape index (κ3) is 3.72. The molecule has 3 heteroatoms. The summed E-state index contributed by atoms with van der Waals surface area (Å²) < 4.78 is 0. The molecule has 2 N–H and O–H groups in total. The molecule has 0 fully saturated rings. The number of aromatic hydroxyl groups is 1. The lowest BCUT2D eigenvalue weighted by atomic mass is 10.1. The molecule has 0 amide bonds. The van der Waals surface area contributed by atoms with Gasteiger partial charge >= 0.3 is 0 Å². The zero-order chi connectivity index (χ0) is 13.8. The Balaban J connectivity index is 2.02. The lowest BCUT2D eigenvalue weighted by Gasteiger charge is -2.15. The minimum absolute atomic E-state index is 0.206. The first-order valence-electron chi connectivity index (χ1n) is 6.33. The van der Waals surface area contributed by atoms with Gasteiger partial charge in [-0.05, 0) is 37.6 Å². The van der Waals surface area contributed by atoms with Gasteiger partial charge in [-0.2, -0.15) is 0 Å². The van der Waals surface area contributed by atoms with Crippen LogP contribution >= 0.6 is 11.6 Å². The molecule has 0 spiro atoms. The summed E-state index contributed by atoms with van der Waals surface area (Å²) in [5.41, 5.74) is 3.24. The van der Waals surface area contributed by atoms with Crippen molar-refractivity contribution in [3.8, 4) is 5.75 Å². The van der Waals surface area contributed by atoms with Crippen molar-refractivity contribution in [2.24, 2.45) is 0 Å². The van der Waals surface area contributed by atoms with Crippen LogP contribution in [-0.2, 0) is 6.54 Å². The summed E-state index contributed by atoms with van der Waals surface area (Å²) in [6.07, 6.45) is 0. The molecule has 0 bridgehead atoms. The third-order valence-electron chi connectivity index (χ3n) is 3.20. The van der Waals surface area contributed by atoms with E-state index in [0.717, 1.165) is 16.1 Å². The van der Waals surface area contributed by atoms with Crippen LogP contribution in [0.1, 0.15) is 29.7 Å². The first kappa shape index (κ1) is 13.9. The Morgan fingerprint density at radius 3 is 2.53 bits per heavy atom. The number of phenolic OH excluding ortho intramolecular Hbond substituents is 1. The molecule has 19 heavy (non-hydrogen) atoms. The zero-order valence-electron chi connectivity index (χ0n) is 11.2. The lowest BCUT2D eigenvalue weighted by Crippen LogP contribution is -2.18. The zero-order valence-corrected chi connectivity index (χ0v) is 11.9. The minimum atomic E-state index is 0.206. The van der Waals surface area contributed by atoms with Gasteiger partial charge < -0.3 is 10.4 Å². The molecule has 100 valence electrons. The van der Waals surface area contributed by atoms with Crippen molar-refractivity contribution < 1.29 is 5.11 Å². The van der Waals surface area contributed by atoms with Gasteiger partial charge in [0.2, 0.25) is 0 Å². The van der Waals surface area contributed by atoms with Crippen molar-refractivity contribution >= 4 is 11.6 Å². The molecule has 0 saturated carbocycles. The minimum Gasteiger partial charge on any atom is -0.508 e. The first-order chi connectivity index (χ1) is 9.06. The van der Waals surface area contributed by atoms with Gasteiger partial charge in [0.25, 0.3) is 0 Å².